The monoisotopic (exact) mass is 671 g/mol. The Hall–Kier alpha value is -3.97. The van der Waals surface area contributed by atoms with Gasteiger partial charge in [-0.05, 0) is 43.5 Å². The van der Waals surface area contributed by atoms with E-state index < -0.39 is 47.3 Å². The Morgan fingerprint density at radius 3 is 2.45 bits per heavy atom. The second kappa shape index (κ2) is 13.6. The van der Waals surface area contributed by atoms with E-state index in [9.17, 15) is 27.6 Å². The Balaban J connectivity index is 1.46. The second-order valence-corrected chi connectivity index (χ2v) is 14.0. The molecular formula is C34H40F3N5O4S. The normalized spacial score (nSPS) is 20.9. The number of hydrogen-bond acceptors (Lipinski definition) is 7. The van der Waals surface area contributed by atoms with Gasteiger partial charge in [0.25, 0.3) is 0 Å². The number of rotatable bonds is 8. The molecule has 2 aliphatic rings. The Morgan fingerprint density at radius 1 is 1.06 bits per heavy atom. The summed E-state index contributed by atoms with van der Waals surface area (Å²) in [6.07, 6.45) is -4.52. The number of thiazole rings is 1. The molecule has 5 rings (SSSR count). The average molecular weight is 672 g/mol. The average Bonchev–Trinajstić information content (AvgIpc) is 3.78. The van der Waals surface area contributed by atoms with E-state index in [1.165, 1.54) is 17.4 Å². The highest BCUT2D eigenvalue weighted by Gasteiger charge is 2.55. The molecule has 5 atom stereocenters. The third kappa shape index (κ3) is 7.46. The molecule has 0 saturated carbocycles. The molecule has 13 heteroatoms. The fourth-order valence-electron chi connectivity index (χ4n) is 6.25. The summed E-state index contributed by atoms with van der Waals surface area (Å²) in [5, 5.41) is 8.02. The van der Waals surface area contributed by atoms with Crippen molar-refractivity contribution in [1.82, 2.24) is 25.4 Å². The molecule has 2 N–H and O–H groups in total. The first-order valence-corrected chi connectivity index (χ1v) is 16.5. The zero-order chi connectivity index (χ0) is 34.1. The van der Waals surface area contributed by atoms with Crippen LogP contribution in [0.15, 0.2) is 60.0 Å². The molecule has 252 valence electrons. The van der Waals surface area contributed by atoms with E-state index in [-0.39, 0.29) is 31.0 Å². The molecule has 0 unspecified atom stereocenters. The van der Waals surface area contributed by atoms with Crippen LogP contribution in [0, 0.1) is 5.41 Å². The van der Waals surface area contributed by atoms with E-state index in [4.69, 9.17) is 9.72 Å². The van der Waals surface area contributed by atoms with E-state index >= 15 is 0 Å². The lowest BCUT2D eigenvalue weighted by atomic mass is 9.85. The molecule has 3 aromatic rings. The Labute approximate surface area is 276 Å². The van der Waals surface area contributed by atoms with Crippen LogP contribution < -0.4 is 10.6 Å². The molecule has 0 aliphatic carbocycles. The smallest absolute Gasteiger partial charge is 0.416 e. The SMILES string of the molecule is CN[C@@H](C)C(=O)N[C@H](C(=O)N1CC[C@@H]2[C@H]1[C@@H](c1csc(-c3cccc(C(F)(F)F)c3)n1)CN2C(=O)OCc1ccccc1)C(C)(C)C. The van der Waals surface area contributed by atoms with Crippen LogP contribution in [0.2, 0.25) is 0 Å². The van der Waals surface area contributed by atoms with E-state index in [0.29, 0.717) is 29.2 Å². The molecule has 2 aromatic carbocycles. The molecule has 0 radical (unpaired) electrons. The van der Waals surface area contributed by atoms with Crippen LogP contribution in [0.4, 0.5) is 18.0 Å². The lowest BCUT2D eigenvalue weighted by Gasteiger charge is -2.37. The number of nitrogens with one attached hydrogen (secondary N) is 2. The summed E-state index contributed by atoms with van der Waals surface area (Å²) >= 11 is 1.21. The van der Waals surface area contributed by atoms with Gasteiger partial charge in [-0.2, -0.15) is 13.2 Å². The van der Waals surface area contributed by atoms with E-state index in [2.05, 4.69) is 10.6 Å². The number of amides is 3. The molecule has 2 aliphatic heterocycles. The molecule has 3 heterocycles. The quantitative estimate of drug-likeness (QED) is 0.320. The number of carbonyl (C=O) groups excluding carboxylic acids is 3. The maximum atomic E-state index is 14.3. The van der Waals surface area contributed by atoms with Crippen molar-refractivity contribution in [2.75, 3.05) is 20.1 Å². The van der Waals surface area contributed by atoms with Crippen molar-refractivity contribution in [3.8, 4) is 10.6 Å². The lowest BCUT2D eigenvalue weighted by Crippen LogP contribution is -2.59. The van der Waals surface area contributed by atoms with Crippen molar-refractivity contribution in [2.24, 2.45) is 5.41 Å². The third-order valence-corrected chi connectivity index (χ3v) is 9.82. The molecule has 0 spiro atoms. The first kappa shape index (κ1) is 34.4. The number of likely N-dealkylation sites (N-methyl/N-ethyl adjacent to an activating group) is 1. The fourth-order valence-corrected chi connectivity index (χ4v) is 7.13. The number of ether oxygens (including phenoxy) is 1. The number of alkyl halides is 3. The number of hydrogen-bond donors (Lipinski definition) is 2. The standard InChI is InChI=1S/C34H40F3N5O4S/c1-20(38-5)29(43)40-28(33(2,3)4)31(44)41-15-14-26-27(41)24(17-42(26)32(45)46-18-21-10-7-6-8-11-21)25-19-47-30(39-25)22-12-9-13-23(16-22)34(35,36)37/h6-13,16,19-20,24,26-28,38H,14-15,17-18H2,1-5H3,(H,40,43)/t20-,24+,26+,27+,28+/m0/s1. The van der Waals surface area contributed by atoms with Crippen LogP contribution in [-0.2, 0) is 27.1 Å². The Kier molecular flexibility index (Phi) is 9.97. The van der Waals surface area contributed by atoms with Gasteiger partial charge in [0, 0.05) is 30.0 Å². The predicted molar refractivity (Wildman–Crippen MR) is 172 cm³/mol. The number of likely N-dealkylation sites (tertiary alicyclic amines) is 2. The van der Waals surface area contributed by atoms with Gasteiger partial charge in [0.15, 0.2) is 0 Å². The molecule has 9 nitrogen and oxygen atoms in total. The first-order chi connectivity index (χ1) is 22.2. The molecule has 1 aromatic heterocycles. The topological polar surface area (TPSA) is 104 Å². The van der Waals surface area contributed by atoms with Gasteiger partial charge in [-0.1, -0.05) is 63.2 Å². The number of benzene rings is 2. The Morgan fingerprint density at radius 2 is 1.79 bits per heavy atom. The summed E-state index contributed by atoms with van der Waals surface area (Å²) in [5.74, 6) is -1.01. The maximum Gasteiger partial charge on any atom is 0.416 e. The molecule has 2 fully saturated rings. The van der Waals surface area contributed by atoms with Crippen molar-refractivity contribution < 1.29 is 32.3 Å². The maximum absolute atomic E-state index is 14.3. The van der Waals surface area contributed by atoms with Crippen LogP contribution in [-0.4, -0.2) is 77.0 Å². The van der Waals surface area contributed by atoms with Gasteiger partial charge in [-0.25, -0.2) is 9.78 Å². The van der Waals surface area contributed by atoms with E-state index in [1.54, 1.807) is 35.2 Å². The molecule has 0 bridgehead atoms. The van der Waals surface area contributed by atoms with E-state index in [0.717, 1.165) is 17.7 Å². The number of carbonyl (C=O) groups is 3. The first-order valence-electron chi connectivity index (χ1n) is 15.6. The summed E-state index contributed by atoms with van der Waals surface area (Å²) < 4.78 is 46.1. The summed E-state index contributed by atoms with van der Waals surface area (Å²) in [7, 11) is 1.67. The molecule has 2 saturated heterocycles. The van der Waals surface area contributed by atoms with Gasteiger partial charge in [-0.15, -0.1) is 11.3 Å². The minimum Gasteiger partial charge on any atom is -0.445 e. The third-order valence-electron chi connectivity index (χ3n) is 8.91. The van der Waals surface area contributed by atoms with Gasteiger partial charge in [0.2, 0.25) is 11.8 Å². The Bertz CT molecular complexity index is 1590. The minimum absolute atomic E-state index is 0.0824. The van der Waals surface area contributed by atoms with Gasteiger partial charge < -0.3 is 25.2 Å². The zero-order valence-corrected chi connectivity index (χ0v) is 27.8. The van der Waals surface area contributed by atoms with Crippen LogP contribution in [0.25, 0.3) is 10.6 Å². The summed E-state index contributed by atoms with van der Waals surface area (Å²) in [6.45, 7) is 8.00. The lowest BCUT2D eigenvalue weighted by molar-refractivity contribution is -0.140. The van der Waals surface area contributed by atoms with Crippen molar-refractivity contribution in [2.45, 2.75) is 77.0 Å². The van der Waals surface area contributed by atoms with Crippen LogP contribution in [0.5, 0.6) is 0 Å². The highest BCUT2D eigenvalue weighted by Crippen LogP contribution is 2.43. The second-order valence-electron chi connectivity index (χ2n) is 13.2. The largest absolute Gasteiger partial charge is 0.445 e. The summed E-state index contributed by atoms with van der Waals surface area (Å²) in [4.78, 5) is 48.9. The highest BCUT2D eigenvalue weighted by atomic mass is 32.1. The van der Waals surface area contributed by atoms with Gasteiger partial charge in [-0.3, -0.25) is 9.59 Å². The predicted octanol–water partition coefficient (Wildman–Crippen LogP) is 5.67. The zero-order valence-electron chi connectivity index (χ0n) is 27.0. The minimum atomic E-state index is -4.50. The molecule has 3 amide bonds. The van der Waals surface area contributed by atoms with E-state index in [1.807, 2.05) is 51.1 Å². The fraction of sp³-hybridized carbons (Fsp3) is 0.471. The number of fused-ring (bicyclic) bond motifs is 1. The summed E-state index contributed by atoms with van der Waals surface area (Å²) in [6, 6.07) is 12.1. The molecule has 47 heavy (non-hydrogen) atoms. The number of nitrogens with zero attached hydrogens (tertiary/aromatic N) is 3. The van der Waals surface area contributed by atoms with Crippen molar-refractivity contribution in [1.29, 1.82) is 0 Å². The number of aromatic nitrogens is 1. The van der Waals surface area contributed by atoms with Gasteiger partial charge >= 0.3 is 12.3 Å². The van der Waals surface area contributed by atoms with Gasteiger partial charge in [0.05, 0.1) is 29.4 Å². The highest BCUT2D eigenvalue weighted by molar-refractivity contribution is 7.13. The van der Waals surface area contributed by atoms with Crippen molar-refractivity contribution in [3.05, 3.63) is 76.8 Å². The number of halogens is 3. The summed E-state index contributed by atoms with van der Waals surface area (Å²) in [5.41, 5.74) is 0.350. The van der Waals surface area contributed by atoms with Crippen molar-refractivity contribution in [3.63, 3.8) is 0 Å². The van der Waals surface area contributed by atoms with Crippen LogP contribution >= 0.6 is 11.3 Å². The van der Waals surface area contributed by atoms with Crippen LogP contribution in [0.1, 0.15) is 56.9 Å². The van der Waals surface area contributed by atoms with Crippen molar-refractivity contribution >= 4 is 29.2 Å². The van der Waals surface area contributed by atoms with Gasteiger partial charge in [0.1, 0.15) is 17.7 Å². The van der Waals surface area contributed by atoms with Crippen LogP contribution in [0.3, 0.4) is 0 Å². The molecular weight excluding hydrogens is 631 g/mol.